The van der Waals surface area contributed by atoms with Crippen molar-refractivity contribution in [2.24, 2.45) is 0 Å². The summed E-state index contributed by atoms with van der Waals surface area (Å²) in [4.78, 5) is 11.3. The monoisotopic (exact) mass is 247 g/mol. The Morgan fingerprint density at radius 2 is 2.41 bits per heavy atom. The molecule has 1 N–H and O–H groups in total. The van der Waals surface area contributed by atoms with E-state index in [1.807, 2.05) is 10.6 Å². The molecule has 0 saturated carbocycles. The SMILES string of the molecule is Cc1nc(Cn2c(=S)[nH]c3cnccc32)no1. The number of nitrogens with zero attached hydrogens (tertiary/aromatic N) is 4. The highest BCUT2D eigenvalue weighted by atomic mass is 32.1. The molecule has 0 aliphatic heterocycles. The molecule has 0 atom stereocenters. The number of fused-ring (bicyclic) bond motifs is 1. The number of pyridine rings is 1. The van der Waals surface area contributed by atoms with Gasteiger partial charge in [0.1, 0.15) is 0 Å². The number of H-pyrrole nitrogens is 1. The van der Waals surface area contributed by atoms with E-state index in [0.717, 1.165) is 11.0 Å². The number of aromatic amines is 1. The van der Waals surface area contributed by atoms with Gasteiger partial charge in [0.2, 0.25) is 5.89 Å². The van der Waals surface area contributed by atoms with Crippen LogP contribution in [0.25, 0.3) is 11.0 Å². The smallest absolute Gasteiger partial charge is 0.223 e. The maximum Gasteiger partial charge on any atom is 0.223 e. The van der Waals surface area contributed by atoms with Crippen molar-refractivity contribution < 1.29 is 4.52 Å². The summed E-state index contributed by atoms with van der Waals surface area (Å²) in [6.07, 6.45) is 3.46. The Morgan fingerprint density at radius 1 is 1.53 bits per heavy atom. The quantitative estimate of drug-likeness (QED) is 0.699. The Balaban J connectivity index is 2.11. The Labute approximate surface area is 101 Å². The predicted octanol–water partition coefficient (Wildman–Crippen LogP) is 1.83. The summed E-state index contributed by atoms with van der Waals surface area (Å²) in [6.45, 7) is 2.25. The summed E-state index contributed by atoms with van der Waals surface area (Å²) in [7, 11) is 0. The highest BCUT2D eigenvalue weighted by Gasteiger charge is 2.08. The van der Waals surface area contributed by atoms with Crippen LogP contribution in [0.4, 0.5) is 0 Å². The number of rotatable bonds is 2. The van der Waals surface area contributed by atoms with Crippen LogP contribution in [0.5, 0.6) is 0 Å². The fraction of sp³-hybridized carbons (Fsp3) is 0.200. The average molecular weight is 247 g/mol. The van der Waals surface area contributed by atoms with Crippen LogP contribution in [0.1, 0.15) is 11.7 Å². The Morgan fingerprint density at radius 3 is 3.18 bits per heavy atom. The molecule has 7 heteroatoms. The van der Waals surface area contributed by atoms with Gasteiger partial charge >= 0.3 is 0 Å². The van der Waals surface area contributed by atoms with Gasteiger partial charge in [-0.25, -0.2) is 0 Å². The number of aromatic nitrogens is 5. The largest absolute Gasteiger partial charge is 0.340 e. The zero-order chi connectivity index (χ0) is 11.8. The molecule has 0 spiro atoms. The maximum atomic E-state index is 5.25. The second-order valence-electron chi connectivity index (χ2n) is 3.64. The van der Waals surface area contributed by atoms with E-state index >= 15 is 0 Å². The molecule has 3 aromatic heterocycles. The molecule has 0 radical (unpaired) electrons. The van der Waals surface area contributed by atoms with Crippen molar-refractivity contribution in [1.82, 2.24) is 24.7 Å². The molecule has 0 saturated heterocycles. The highest BCUT2D eigenvalue weighted by Crippen LogP contribution is 2.13. The van der Waals surface area contributed by atoms with Gasteiger partial charge in [-0.2, -0.15) is 4.98 Å². The number of hydrogen-bond acceptors (Lipinski definition) is 5. The van der Waals surface area contributed by atoms with E-state index in [2.05, 4.69) is 20.1 Å². The molecule has 86 valence electrons. The van der Waals surface area contributed by atoms with Crippen molar-refractivity contribution in [2.45, 2.75) is 13.5 Å². The van der Waals surface area contributed by atoms with Crippen LogP contribution in [0.2, 0.25) is 0 Å². The minimum atomic E-state index is 0.486. The van der Waals surface area contributed by atoms with Crippen molar-refractivity contribution in [3.05, 3.63) is 34.9 Å². The van der Waals surface area contributed by atoms with Crippen molar-refractivity contribution in [2.75, 3.05) is 0 Å². The molecule has 3 rings (SSSR count). The van der Waals surface area contributed by atoms with E-state index in [4.69, 9.17) is 16.7 Å². The summed E-state index contributed by atoms with van der Waals surface area (Å²) < 4.78 is 7.47. The maximum absolute atomic E-state index is 5.25. The normalized spacial score (nSPS) is 11.1. The second kappa shape index (κ2) is 3.77. The fourth-order valence-electron chi connectivity index (χ4n) is 1.71. The first-order chi connectivity index (χ1) is 8.24. The summed E-state index contributed by atoms with van der Waals surface area (Å²) in [6, 6.07) is 1.90. The van der Waals surface area contributed by atoms with Gasteiger partial charge in [-0.1, -0.05) is 5.16 Å². The van der Waals surface area contributed by atoms with Crippen LogP contribution in [-0.4, -0.2) is 24.7 Å². The number of nitrogens with one attached hydrogen (secondary N) is 1. The lowest BCUT2D eigenvalue weighted by atomic mass is 10.4. The third-order valence-corrected chi connectivity index (χ3v) is 2.77. The first-order valence-electron chi connectivity index (χ1n) is 5.06. The van der Waals surface area contributed by atoms with Gasteiger partial charge in [0.05, 0.1) is 23.8 Å². The van der Waals surface area contributed by atoms with Crippen LogP contribution in [-0.2, 0) is 6.54 Å². The van der Waals surface area contributed by atoms with Gasteiger partial charge in [0.25, 0.3) is 0 Å². The minimum absolute atomic E-state index is 0.486. The topological polar surface area (TPSA) is 72.5 Å². The first-order valence-corrected chi connectivity index (χ1v) is 5.46. The Hall–Kier alpha value is -2.02. The Bertz CT molecular complexity index is 725. The molecule has 0 amide bonds. The third kappa shape index (κ3) is 1.74. The fourth-order valence-corrected chi connectivity index (χ4v) is 1.99. The standard InChI is InChI=1S/C10H9N5OS/c1-6-12-9(14-16-6)5-15-8-2-3-11-4-7(8)13-10(15)17/h2-4H,5H2,1H3,(H,13,17). The van der Waals surface area contributed by atoms with Crippen LogP contribution in [0.15, 0.2) is 23.0 Å². The van der Waals surface area contributed by atoms with Crippen LogP contribution in [0.3, 0.4) is 0 Å². The minimum Gasteiger partial charge on any atom is -0.340 e. The van der Waals surface area contributed by atoms with Crippen molar-refractivity contribution in [1.29, 1.82) is 0 Å². The molecule has 17 heavy (non-hydrogen) atoms. The van der Waals surface area contributed by atoms with E-state index < -0.39 is 0 Å². The van der Waals surface area contributed by atoms with Gasteiger partial charge in [-0.3, -0.25) is 4.98 Å². The number of imidazole rings is 1. The summed E-state index contributed by atoms with van der Waals surface area (Å²) in [5.74, 6) is 1.16. The van der Waals surface area contributed by atoms with Crippen molar-refractivity contribution in [3.8, 4) is 0 Å². The molecule has 3 heterocycles. The van der Waals surface area contributed by atoms with E-state index in [9.17, 15) is 0 Å². The molecule has 0 aliphatic rings. The lowest BCUT2D eigenvalue weighted by Crippen LogP contribution is -2.01. The molecule has 0 unspecified atom stereocenters. The summed E-state index contributed by atoms with van der Waals surface area (Å²) in [5, 5.41) is 3.86. The zero-order valence-corrected chi connectivity index (χ0v) is 9.86. The molecule has 6 nitrogen and oxygen atoms in total. The van der Waals surface area contributed by atoms with E-state index in [1.54, 1.807) is 19.3 Å². The van der Waals surface area contributed by atoms with E-state index in [1.165, 1.54) is 0 Å². The molecule has 3 aromatic rings. The molecule has 0 aromatic carbocycles. The van der Waals surface area contributed by atoms with Gasteiger partial charge in [-0.15, -0.1) is 0 Å². The van der Waals surface area contributed by atoms with Crippen molar-refractivity contribution >= 4 is 23.3 Å². The van der Waals surface area contributed by atoms with Crippen LogP contribution < -0.4 is 0 Å². The molecular weight excluding hydrogens is 238 g/mol. The van der Waals surface area contributed by atoms with Crippen LogP contribution in [0, 0.1) is 11.7 Å². The lowest BCUT2D eigenvalue weighted by Gasteiger charge is -1.99. The number of aryl methyl sites for hydroxylation is 1. The predicted molar refractivity (Wildman–Crippen MR) is 63.1 cm³/mol. The average Bonchev–Trinajstić information content (AvgIpc) is 2.85. The van der Waals surface area contributed by atoms with Gasteiger partial charge in [0.15, 0.2) is 10.6 Å². The van der Waals surface area contributed by atoms with E-state index in [0.29, 0.717) is 23.0 Å². The second-order valence-corrected chi connectivity index (χ2v) is 4.03. The molecule has 0 fully saturated rings. The van der Waals surface area contributed by atoms with Gasteiger partial charge < -0.3 is 14.1 Å². The first kappa shape index (κ1) is 10.2. The Kier molecular flexibility index (Phi) is 2.25. The van der Waals surface area contributed by atoms with Crippen molar-refractivity contribution in [3.63, 3.8) is 0 Å². The lowest BCUT2D eigenvalue weighted by molar-refractivity contribution is 0.386. The summed E-state index contributed by atoms with van der Waals surface area (Å²) >= 11 is 5.25. The van der Waals surface area contributed by atoms with Gasteiger partial charge in [0, 0.05) is 13.1 Å². The van der Waals surface area contributed by atoms with Gasteiger partial charge in [-0.05, 0) is 18.3 Å². The highest BCUT2D eigenvalue weighted by molar-refractivity contribution is 7.71. The molecule has 0 aliphatic carbocycles. The zero-order valence-electron chi connectivity index (χ0n) is 9.04. The summed E-state index contributed by atoms with van der Waals surface area (Å²) in [5.41, 5.74) is 1.88. The van der Waals surface area contributed by atoms with Crippen LogP contribution >= 0.6 is 12.2 Å². The molecular formula is C10H9N5OS. The molecule has 0 bridgehead atoms. The van der Waals surface area contributed by atoms with E-state index in [-0.39, 0.29) is 0 Å². The third-order valence-electron chi connectivity index (χ3n) is 2.44. The number of hydrogen-bond donors (Lipinski definition) is 1.